The van der Waals surface area contributed by atoms with Gasteiger partial charge >= 0.3 is 0 Å². The summed E-state index contributed by atoms with van der Waals surface area (Å²) in [6.45, 7) is 5.11. The molecule has 0 bridgehead atoms. The van der Waals surface area contributed by atoms with Crippen LogP contribution >= 0.6 is 11.6 Å². The molecule has 3 atom stereocenters. The lowest BCUT2D eigenvalue weighted by atomic mass is 9.93. The van der Waals surface area contributed by atoms with Gasteiger partial charge in [0.05, 0.1) is 46.9 Å². The summed E-state index contributed by atoms with van der Waals surface area (Å²) in [6.07, 6.45) is 5.47. The maximum Gasteiger partial charge on any atom is 0.237 e. The standard InChI is InChI=1S/C43H43ClN6O6S/c1-24-29(5-3-6-30(24)36-20-46-37(43(47-36)55-2)23-49-15-14-27(51)22-49)32-7-4-8-33(40(32)44)39-18-26-17-34-31(35(19-45)41(26)56-39)11-12-38(34)50-16-13-25(21-50)42(52)48-57(53,54)28-9-10-28/h3-8,17-18,20,25,27-28,38,51H,9-16,21-23H2,1-2H3,(H,48,52)/t25-,27-,38-/m1/s1. The fraction of sp³-hybridized carbons (Fsp3) is 0.395. The Morgan fingerprint density at radius 3 is 2.56 bits per heavy atom. The van der Waals surface area contributed by atoms with Crippen LogP contribution in [0, 0.1) is 24.2 Å². The number of amides is 1. The number of hydrogen-bond donors (Lipinski definition) is 2. The van der Waals surface area contributed by atoms with Crippen LogP contribution in [0.3, 0.4) is 0 Å². The molecule has 0 spiro atoms. The number of rotatable bonds is 10. The van der Waals surface area contributed by atoms with Crippen LogP contribution in [-0.2, 0) is 27.8 Å². The van der Waals surface area contributed by atoms with E-state index in [1.54, 1.807) is 13.3 Å². The van der Waals surface area contributed by atoms with Crippen molar-refractivity contribution < 1.29 is 27.5 Å². The number of sulfonamides is 1. The molecule has 2 saturated heterocycles. The topological polar surface area (TPSA) is 162 Å². The average Bonchev–Trinajstić information content (AvgIpc) is 3.47. The minimum Gasteiger partial charge on any atom is -0.480 e. The van der Waals surface area contributed by atoms with Crippen molar-refractivity contribution in [2.75, 3.05) is 33.3 Å². The molecule has 294 valence electrons. The quantitative estimate of drug-likeness (QED) is 0.158. The molecule has 5 aromatic rings. The van der Waals surface area contributed by atoms with E-state index in [-0.39, 0.29) is 12.1 Å². The summed E-state index contributed by atoms with van der Waals surface area (Å²) in [7, 11) is -2.01. The maximum absolute atomic E-state index is 12.9. The highest BCUT2D eigenvalue weighted by Crippen LogP contribution is 2.46. The molecule has 4 heterocycles. The van der Waals surface area contributed by atoms with Gasteiger partial charge in [0.15, 0.2) is 5.58 Å². The maximum atomic E-state index is 12.9. The summed E-state index contributed by atoms with van der Waals surface area (Å²) in [6, 6.07) is 18.3. The van der Waals surface area contributed by atoms with Crippen LogP contribution in [0.5, 0.6) is 5.88 Å². The first kappa shape index (κ1) is 37.7. The average molecular weight is 807 g/mol. The molecule has 0 unspecified atom stereocenters. The Morgan fingerprint density at radius 1 is 1.05 bits per heavy atom. The SMILES string of the molecule is COc1nc(-c2cccc(-c3cccc(-c4cc5cc6c(c(C#N)c5o4)CC[C@H]6N4CC[C@@H](C(=O)NS(=O)(=O)C5CC5)C4)c3Cl)c2C)cnc1CN1CC[C@@H](O)C1. The number of furan rings is 1. The largest absolute Gasteiger partial charge is 0.480 e. The highest BCUT2D eigenvalue weighted by atomic mass is 35.5. The molecule has 1 amide bonds. The van der Waals surface area contributed by atoms with E-state index in [1.807, 2.05) is 49.4 Å². The fourth-order valence-corrected chi connectivity index (χ4v) is 10.6. The van der Waals surface area contributed by atoms with Crippen molar-refractivity contribution in [3.8, 4) is 45.7 Å². The number of nitriles is 1. The Hall–Kier alpha value is -4.84. The number of halogens is 1. The van der Waals surface area contributed by atoms with Crippen LogP contribution in [0.15, 0.2) is 59.1 Å². The van der Waals surface area contributed by atoms with Gasteiger partial charge < -0.3 is 14.3 Å². The van der Waals surface area contributed by atoms with Gasteiger partial charge in [0, 0.05) is 54.3 Å². The molecule has 2 aromatic heterocycles. The highest BCUT2D eigenvalue weighted by molar-refractivity contribution is 7.90. The first-order chi connectivity index (χ1) is 27.5. The van der Waals surface area contributed by atoms with Crippen molar-refractivity contribution >= 4 is 38.5 Å². The number of aliphatic hydroxyl groups is 1. The van der Waals surface area contributed by atoms with E-state index in [0.29, 0.717) is 90.9 Å². The number of nitrogens with one attached hydrogen (secondary N) is 1. The number of aliphatic hydroxyl groups excluding tert-OH is 1. The van der Waals surface area contributed by atoms with E-state index in [1.165, 1.54) is 0 Å². The minimum absolute atomic E-state index is 0.00909. The summed E-state index contributed by atoms with van der Waals surface area (Å²) >= 11 is 7.25. The van der Waals surface area contributed by atoms with Crippen molar-refractivity contribution in [2.45, 2.75) is 69.4 Å². The van der Waals surface area contributed by atoms with Crippen LogP contribution in [0.25, 0.3) is 44.7 Å². The van der Waals surface area contributed by atoms with Crippen molar-refractivity contribution in [3.05, 3.63) is 87.7 Å². The molecule has 9 rings (SSSR count). The summed E-state index contributed by atoms with van der Waals surface area (Å²) < 4.78 is 39.3. The molecule has 1 saturated carbocycles. The molecular formula is C43H43ClN6O6S. The molecule has 4 aliphatic rings. The van der Waals surface area contributed by atoms with Gasteiger partial charge in [0.25, 0.3) is 0 Å². The van der Waals surface area contributed by atoms with Crippen LogP contribution in [-0.4, -0.2) is 83.8 Å². The van der Waals surface area contributed by atoms with Gasteiger partial charge in [-0.1, -0.05) is 41.9 Å². The number of fused-ring (bicyclic) bond motifs is 2. The van der Waals surface area contributed by atoms with Gasteiger partial charge in [-0.15, -0.1) is 0 Å². The fourth-order valence-electron chi connectivity index (χ4n) is 8.95. The number of β-amino-alcohol motifs (C(OH)–C–C–N with tert-alkyl or cyclic N) is 1. The van der Waals surface area contributed by atoms with Crippen LogP contribution < -0.4 is 9.46 Å². The first-order valence-electron chi connectivity index (χ1n) is 19.5. The molecule has 3 fully saturated rings. The second-order valence-electron chi connectivity index (χ2n) is 15.7. The van der Waals surface area contributed by atoms with Crippen LogP contribution in [0.4, 0.5) is 0 Å². The lowest BCUT2D eigenvalue weighted by Crippen LogP contribution is -2.38. The lowest BCUT2D eigenvalue weighted by molar-refractivity contribution is -0.122. The lowest BCUT2D eigenvalue weighted by Gasteiger charge is -2.25. The van der Waals surface area contributed by atoms with E-state index < -0.39 is 27.1 Å². The van der Waals surface area contributed by atoms with E-state index in [2.05, 4.69) is 26.7 Å². The van der Waals surface area contributed by atoms with Crippen LogP contribution in [0.2, 0.25) is 5.02 Å². The third-order valence-electron chi connectivity index (χ3n) is 12.1. The zero-order valence-electron chi connectivity index (χ0n) is 31.8. The molecule has 57 heavy (non-hydrogen) atoms. The number of carbonyl (C=O) groups excluding carboxylic acids is 1. The zero-order chi connectivity index (χ0) is 39.6. The monoisotopic (exact) mass is 806 g/mol. The Morgan fingerprint density at radius 2 is 1.82 bits per heavy atom. The molecule has 2 aliphatic heterocycles. The molecule has 3 aromatic carbocycles. The number of benzene rings is 3. The normalized spacial score (nSPS) is 21.2. The Balaban J connectivity index is 0.991. The van der Waals surface area contributed by atoms with Gasteiger partial charge in [-0.25, -0.2) is 13.4 Å². The number of carbonyl (C=O) groups is 1. The van der Waals surface area contributed by atoms with Crippen molar-refractivity contribution in [1.29, 1.82) is 5.26 Å². The second kappa shape index (κ2) is 14.8. The predicted molar refractivity (Wildman–Crippen MR) is 216 cm³/mol. The summed E-state index contributed by atoms with van der Waals surface area (Å²) in [5.41, 5.74) is 8.72. The van der Waals surface area contributed by atoms with Gasteiger partial charge in [-0.05, 0) is 92.4 Å². The number of methoxy groups -OCH3 is 1. The second-order valence-corrected chi connectivity index (χ2v) is 18.1. The predicted octanol–water partition coefficient (Wildman–Crippen LogP) is 6.55. The summed E-state index contributed by atoms with van der Waals surface area (Å²) in [5, 5.41) is 21.3. The highest BCUT2D eigenvalue weighted by Gasteiger charge is 2.41. The number of nitrogens with zero attached hydrogens (tertiary/aromatic N) is 5. The van der Waals surface area contributed by atoms with Crippen molar-refractivity contribution in [2.24, 2.45) is 5.92 Å². The molecule has 14 heteroatoms. The molecule has 0 radical (unpaired) electrons. The number of likely N-dealkylation sites (tertiary alicyclic amines) is 2. The first-order valence-corrected chi connectivity index (χ1v) is 21.4. The van der Waals surface area contributed by atoms with Crippen LogP contribution in [0.1, 0.15) is 66.1 Å². The molecule has 12 nitrogen and oxygen atoms in total. The zero-order valence-corrected chi connectivity index (χ0v) is 33.4. The molecule has 2 aliphatic carbocycles. The Labute approximate surface area is 336 Å². The molecular weight excluding hydrogens is 764 g/mol. The van der Waals surface area contributed by atoms with Gasteiger partial charge in [0.2, 0.25) is 21.8 Å². The number of hydrogen-bond acceptors (Lipinski definition) is 11. The summed E-state index contributed by atoms with van der Waals surface area (Å²) in [4.78, 5) is 26.9. The van der Waals surface area contributed by atoms with Gasteiger partial charge in [0.1, 0.15) is 17.5 Å². The summed E-state index contributed by atoms with van der Waals surface area (Å²) in [5.74, 6) is 0.175. The number of ether oxygens (including phenoxy) is 1. The smallest absolute Gasteiger partial charge is 0.237 e. The van der Waals surface area contributed by atoms with E-state index in [0.717, 1.165) is 63.8 Å². The molecule has 2 N–H and O–H groups in total. The third-order valence-corrected chi connectivity index (χ3v) is 14.4. The minimum atomic E-state index is -3.60. The van der Waals surface area contributed by atoms with E-state index in [9.17, 15) is 23.6 Å². The van der Waals surface area contributed by atoms with Crippen molar-refractivity contribution in [1.82, 2.24) is 24.5 Å². The third kappa shape index (κ3) is 6.97. The Bertz CT molecular complexity index is 2580. The van der Waals surface area contributed by atoms with E-state index in [4.69, 9.17) is 30.7 Å². The van der Waals surface area contributed by atoms with Gasteiger partial charge in [-0.3, -0.25) is 24.3 Å². The van der Waals surface area contributed by atoms with E-state index >= 15 is 0 Å². The number of aromatic nitrogens is 2. The Kier molecular flexibility index (Phi) is 9.82. The van der Waals surface area contributed by atoms with Crippen molar-refractivity contribution in [3.63, 3.8) is 0 Å². The van der Waals surface area contributed by atoms with Gasteiger partial charge in [-0.2, -0.15) is 5.26 Å².